The predicted octanol–water partition coefficient (Wildman–Crippen LogP) is 1.01. The molecule has 1 aromatic carbocycles. The quantitative estimate of drug-likeness (QED) is 0.836. The predicted molar refractivity (Wildman–Crippen MR) is 99.4 cm³/mol. The van der Waals surface area contributed by atoms with Crippen molar-refractivity contribution in [2.45, 2.75) is 43.4 Å². The maximum Gasteiger partial charge on any atom is 0.246 e. The number of carbonyl (C=O) groups excluding carboxylic acids is 3. The Balaban J connectivity index is 1.59. The molecule has 3 amide bonds. The van der Waals surface area contributed by atoms with Gasteiger partial charge in [-0.3, -0.25) is 14.4 Å². The Morgan fingerprint density at radius 1 is 1.19 bits per heavy atom. The van der Waals surface area contributed by atoms with Crippen LogP contribution in [-0.4, -0.2) is 63.7 Å². The summed E-state index contributed by atoms with van der Waals surface area (Å²) >= 11 is 1.65. The topological polar surface area (TPSA) is 69.7 Å². The van der Waals surface area contributed by atoms with E-state index in [-0.39, 0.29) is 24.3 Å². The first-order chi connectivity index (χ1) is 12.6. The maximum absolute atomic E-state index is 12.9. The van der Waals surface area contributed by atoms with E-state index in [1.54, 1.807) is 16.7 Å². The van der Waals surface area contributed by atoms with Gasteiger partial charge in [-0.15, -0.1) is 0 Å². The Hall–Kier alpha value is -2.02. The molecule has 7 heteroatoms. The summed E-state index contributed by atoms with van der Waals surface area (Å²) in [6, 6.07) is 8.75. The number of piperazine rings is 2. The van der Waals surface area contributed by atoms with E-state index in [1.807, 2.05) is 41.5 Å². The van der Waals surface area contributed by atoms with Gasteiger partial charge in [-0.1, -0.05) is 30.3 Å². The summed E-state index contributed by atoms with van der Waals surface area (Å²) < 4.78 is 0. The van der Waals surface area contributed by atoms with Crippen LogP contribution in [0.2, 0.25) is 0 Å². The summed E-state index contributed by atoms with van der Waals surface area (Å²) in [5.74, 6) is 0.518. The zero-order chi connectivity index (χ0) is 18.3. The summed E-state index contributed by atoms with van der Waals surface area (Å²) in [6.07, 6.45) is 4.11. The van der Waals surface area contributed by atoms with Gasteiger partial charge in [-0.25, -0.2) is 0 Å². The van der Waals surface area contributed by atoms with Crippen LogP contribution in [-0.2, 0) is 20.9 Å². The van der Waals surface area contributed by atoms with Crippen LogP contribution in [0.25, 0.3) is 0 Å². The SMILES string of the molecule is CSCC[C@@H]1NC(=O)[C@@H]2N(CC(=O)N(Cc3ccccc3)C23CC3)C1=O. The van der Waals surface area contributed by atoms with Crippen molar-refractivity contribution in [2.75, 3.05) is 18.6 Å². The number of carbonyl (C=O) groups is 3. The smallest absolute Gasteiger partial charge is 0.246 e. The second kappa shape index (κ2) is 6.61. The molecule has 4 rings (SSSR count). The van der Waals surface area contributed by atoms with Gasteiger partial charge in [0.15, 0.2) is 0 Å². The normalized spacial score (nSPS) is 26.7. The molecule has 1 spiro atoms. The van der Waals surface area contributed by atoms with E-state index in [1.165, 1.54) is 0 Å². The van der Waals surface area contributed by atoms with Crippen molar-refractivity contribution >= 4 is 29.5 Å². The second-order valence-corrected chi connectivity index (χ2v) is 8.27. The first-order valence-electron chi connectivity index (χ1n) is 9.01. The zero-order valence-electron chi connectivity index (χ0n) is 14.8. The molecular formula is C19H23N3O3S. The van der Waals surface area contributed by atoms with Crippen molar-refractivity contribution in [1.29, 1.82) is 0 Å². The van der Waals surface area contributed by atoms with Crippen LogP contribution in [0.5, 0.6) is 0 Å². The van der Waals surface area contributed by atoms with Crippen molar-refractivity contribution in [1.82, 2.24) is 15.1 Å². The van der Waals surface area contributed by atoms with Crippen LogP contribution in [0, 0.1) is 0 Å². The maximum atomic E-state index is 12.9. The summed E-state index contributed by atoms with van der Waals surface area (Å²) in [7, 11) is 0. The monoisotopic (exact) mass is 373 g/mol. The Morgan fingerprint density at radius 3 is 2.58 bits per heavy atom. The van der Waals surface area contributed by atoms with Gasteiger partial charge >= 0.3 is 0 Å². The number of rotatable bonds is 5. The molecule has 0 unspecified atom stereocenters. The summed E-state index contributed by atoms with van der Waals surface area (Å²) in [5.41, 5.74) is 0.510. The largest absolute Gasteiger partial charge is 0.342 e. The minimum atomic E-state index is -0.554. The van der Waals surface area contributed by atoms with E-state index >= 15 is 0 Å². The number of thioether (sulfide) groups is 1. The van der Waals surface area contributed by atoms with Crippen molar-refractivity contribution in [3.63, 3.8) is 0 Å². The molecule has 0 radical (unpaired) electrons. The summed E-state index contributed by atoms with van der Waals surface area (Å²) in [4.78, 5) is 42.0. The molecule has 0 aromatic heterocycles. The number of hydrogen-bond acceptors (Lipinski definition) is 4. The van der Waals surface area contributed by atoms with Gasteiger partial charge in [0.2, 0.25) is 17.7 Å². The van der Waals surface area contributed by atoms with Crippen LogP contribution in [0.1, 0.15) is 24.8 Å². The van der Waals surface area contributed by atoms with Crippen LogP contribution in [0.4, 0.5) is 0 Å². The molecule has 0 bridgehead atoms. The van der Waals surface area contributed by atoms with Crippen LogP contribution in [0.15, 0.2) is 30.3 Å². The third-order valence-electron chi connectivity index (χ3n) is 5.67. The molecular weight excluding hydrogens is 350 g/mol. The average Bonchev–Trinajstić information content (AvgIpc) is 3.42. The zero-order valence-corrected chi connectivity index (χ0v) is 15.6. The minimum Gasteiger partial charge on any atom is -0.342 e. The second-order valence-electron chi connectivity index (χ2n) is 7.28. The molecule has 3 fully saturated rings. The number of nitrogens with zero attached hydrogens (tertiary/aromatic N) is 2. The number of benzene rings is 1. The van der Waals surface area contributed by atoms with Crippen LogP contribution >= 0.6 is 11.8 Å². The van der Waals surface area contributed by atoms with Crippen molar-refractivity contribution in [3.05, 3.63) is 35.9 Å². The van der Waals surface area contributed by atoms with E-state index in [4.69, 9.17) is 0 Å². The highest BCUT2D eigenvalue weighted by atomic mass is 32.2. The van der Waals surface area contributed by atoms with Crippen molar-refractivity contribution in [2.24, 2.45) is 0 Å². The molecule has 1 saturated carbocycles. The lowest BCUT2D eigenvalue weighted by molar-refractivity contribution is -0.166. The fourth-order valence-corrected chi connectivity index (χ4v) is 4.70. The third-order valence-corrected chi connectivity index (χ3v) is 6.31. The molecule has 1 N–H and O–H groups in total. The van der Waals surface area contributed by atoms with Gasteiger partial charge < -0.3 is 15.1 Å². The van der Waals surface area contributed by atoms with E-state index in [9.17, 15) is 14.4 Å². The first-order valence-corrected chi connectivity index (χ1v) is 10.4. The molecule has 1 aliphatic carbocycles. The van der Waals surface area contributed by atoms with Gasteiger partial charge in [0.05, 0.1) is 5.54 Å². The third kappa shape index (κ3) is 2.78. The van der Waals surface area contributed by atoms with Gasteiger partial charge in [-0.05, 0) is 36.8 Å². The molecule has 6 nitrogen and oxygen atoms in total. The van der Waals surface area contributed by atoms with E-state index in [0.29, 0.717) is 13.0 Å². The Kier molecular flexibility index (Phi) is 4.42. The fraction of sp³-hybridized carbons (Fsp3) is 0.526. The van der Waals surface area contributed by atoms with E-state index < -0.39 is 17.6 Å². The highest BCUT2D eigenvalue weighted by Crippen LogP contribution is 2.50. The summed E-state index contributed by atoms with van der Waals surface area (Å²) in [6.45, 7) is 0.489. The van der Waals surface area contributed by atoms with Gasteiger partial charge in [-0.2, -0.15) is 11.8 Å². The molecule has 2 saturated heterocycles. The Morgan fingerprint density at radius 2 is 1.92 bits per heavy atom. The number of amides is 3. The summed E-state index contributed by atoms with van der Waals surface area (Å²) in [5, 5.41) is 2.91. The first kappa shape index (κ1) is 17.4. The lowest BCUT2D eigenvalue weighted by Crippen LogP contribution is -2.74. The fourth-order valence-electron chi connectivity index (χ4n) is 4.23. The van der Waals surface area contributed by atoms with E-state index in [0.717, 1.165) is 24.2 Å². The van der Waals surface area contributed by atoms with Gasteiger partial charge in [0, 0.05) is 6.54 Å². The minimum absolute atomic E-state index is 0.00126. The average molecular weight is 373 g/mol. The molecule has 26 heavy (non-hydrogen) atoms. The number of nitrogens with one attached hydrogen (secondary N) is 1. The highest BCUT2D eigenvalue weighted by molar-refractivity contribution is 7.98. The molecule has 2 heterocycles. The molecule has 138 valence electrons. The Labute approximate surface area is 157 Å². The lowest BCUT2D eigenvalue weighted by atomic mass is 9.92. The molecule has 3 aliphatic rings. The van der Waals surface area contributed by atoms with E-state index in [2.05, 4.69) is 5.32 Å². The Bertz CT molecular complexity index is 735. The number of hydrogen-bond donors (Lipinski definition) is 1. The van der Waals surface area contributed by atoms with Crippen LogP contribution < -0.4 is 5.32 Å². The van der Waals surface area contributed by atoms with Gasteiger partial charge in [0.25, 0.3) is 0 Å². The van der Waals surface area contributed by atoms with Gasteiger partial charge in [0.1, 0.15) is 18.6 Å². The highest BCUT2D eigenvalue weighted by Gasteiger charge is 2.65. The van der Waals surface area contributed by atoms with Crippen molar-refractivity contribution < 1.29 is 14.4 Å². The molecule has 1 aromatic rings. The lowest BCUT2D eigenvalue weighted by Gasteiger charge is -2.50. The number of fused-ring (bicyclic) bond motifs is 2. The molecule has 2 aliphatic heterocycles. The van der Waals surface area contributed by atoms with Crippen LogP contribution in [0.3, 0.4) is 0 Å². The van der Waals surface area contributed by atoms with Crippen molar-refractivity contribution in [3.8, 4) is 0 Å². The molecule has 2 atom stereocenters. The standard InChI is InChI=1S/C19H23N3O3S/c1-26-10-7-14-18(25)21-12-15(23)22(11-13-5-3-2-4-6-13)19(8-9-19)16(21)17(24)20-14/h2-6,14,16H,7-12H2,1H3,(H,20,24)/t14-,16-/m0/s1.